The first kappa shape index (κ1) is 27.4. The van der Waals surface area contributed by atoms with Gasteiger partial charge in [-0.3, -0.25) is 9.47 Å². The maximum absolute atomic E-state index is 13.2. The first-order valence-corrected chi connectivity index (χ1v) is 14.7. The monoisotopic (exact) mass is 584 g/mol. The highest BCUT2D eigenvalue weighted by molar-refractivity contribution is 6.01. The largest absolute Gasteiger partial charge is 0.354 e. The molecule has 7 rings (SSSR count). The van der Waals surface area contributed by atoms with Crippen LogP contribution in [0.3, 0.4) is 0 Å². The van der Waals surface area contributed by atoms with Crippen molar-refractivity contribution in [1.29, 1.82) is 0 Å². The van der Waals surface area contributed by atoms with Gasteiger partial charge in [0.2, 0.25) is 5.95 Å². The molecule has 1 aliphatic rings. The number of likely N-dealkylation sites (N-methyl/N-ethyl adjacent to an activating group) is 1. The second kappa shape index (κ2) is 12.1. The van der Waals surface area contributed by atoms with E-state index >= 15 is 0 Å². The minimum Gasteiger partial charge on any atom is -0.354 e. The van der Waals surface area contributed by atoms with E-state index in [1.54, 1.807) is 18.7 Å². The molecule has 0 aliphatic carbocycles. The standard InChI is InChI=1S/C33H32N10O/c1-41-18-19-42(33(44)38-28-9-4-7-23-6-2-3-8-26(23)28)21-25(41)13-16-34-32-35-17-14-31(39-32)43-22-36-29-20-24(11-12-30(29)43)27-10-5-15-37-40-27/h2-12,14-15,17,20,22,25H,13,16,18-19,21H2,1H3,(H,38,44)(H,34,35,39). The van der Waals surface area contributed by atoms with Gasteiger partial charge in [0.15, 0.2) is 0 Å². The molecular formula is C33H32N10O. The first-order chi connectivity index (χ1) is 21.6. The molecule has 1 unspecified atom stereocenters. The average Bonchev–Trinajstić information content (AvgIpc) is 3.50. The van der Waals surface area contributed by atoms with Crippen LogP contribution in [0.4, 0.5) is 16.4 Å². The predicted octanol–water partition coefficient (Wildman–Crippen LogP) is 5.08. The molecule has 0 spiro atoms. The summed E-state index contributed by atoms with van der Waals surface area (Å²) in [6.07, 6.45) is 6.01. The van der Waals surface area contributed by atoms with Gasteiger partial charge in [-0.1, -0.05) is 42.5 Å². The number of urea groups is 1. The Balaban J connectivity index is 0.983. The Morgan fingerprint density at radius 2 is 1.86 bits per heavy atom. The highest BCUT2D eigenvalue weighted by Crippen LogP contribution is 2.25. The van der Waals surface area contributed by atoms with Gasteiger partial charge in [-0.25, -0.2) is 14.8 Å². The predicted molar refractivity (Wildman–Crippen MR) is 172 cm³/mol. The molecule has 3 aromatic carbocycles. The SMILES string of the molecule is CN1CCN(C(=O)Nc2cccc3ccccc23)CC1CCNc1nccc(-n2cnc3cc(-c4cccnn4)ccc32)n1. The number of benzene rings is 3. The van der Waals surface area contributed by atoms with Crippen molar-refractivity contribution in [2.75, 3.05) is 43.9 Å². The van der Waals surface area contributed by atoms with E-state index in [0.717, 1.165) is 57.5 Å². The van der Waals surface area contributed by atoms with E-state index in [-0.39, 0.29) is 12.1 Å². The second-order valence-corrected chi connectivity index (χ2v) is 10.9. The molecule has 220 valence electrons. The molecule has 2 amide bonds. The number of nitrogens with zero attached hydrogens (tertiary/aromatic N) is 8. The van der Waals surface area contributed by atoms with Gasteiger partial charge in [-0.2, -0.15) is 15.2 Å². The third-order valence-corrected chi connectivity index (χ3v) is 8.16. The van der Waals surface area contributed by atoms with Gasteiger partial charge in [-0.15, -0.1) is 0 Å². The van der Waals surface area contributed by atoms with Gasteiger partial charge < -0.3 is 15.5 Å². The van der Waals surface area contributed by atoms with E-state index in [1.165, 1.54) is 0 Å². The van der Waals surface area contributed by atoms with E-state index < -0.39 is 0 Å². The molecule has 1 saturated heterocycles. The van der Waals surface area contributed by atoms with Gasteiger partial charge in [0.05, 0.1) is 22.4 Å². The highest BCUT2D eigenvalue weighted by atomic mass is 16.2. The number of hydrogen-bond acceptors (Lipinski definition) is 8. The third kappa shape index (κ3) is 5.64. The normalized spacial score (nSPS) is 15.5. The van der Waals surface area contributed by atoms with Crippen molar-refractivity contribution in [2.24, 2.45) is 0 Å². The Kier molecular flexibility index (Phi) is 7.51. The van der Waals surface area contributed by atoms with Gasteiger partial charge in [0, 0.05) is 55.6 Å². The molecule has 1 fully saturated rings. The van der Waals surface area contributed by atoms with Crippen molar-refractivity contribution in [1.82, 2.24) is 39.5 Å². The molecule has 0 radical (unpaired) electrons. The summed E-state index contributed by atoms with van der Waals surface area (Å²) in [5.74, 6) is 1.27. The molecular weight excluding hydrogens is 552 g/mol. The van der Waals surface area contributed by atoms with Gasteiger partial charge in [-0.05, 0) is 55.3 Å². The van der Waals surface area contributed by atoms with Crippen LogP contribution in [-0.4, -0.2) is 84.8 Å². The summed E-state index contributed by atoms with van der Waals surface area (Å²) >= 11 is 0. The van der Waals surface area contributed by atoms with E-state index in [4.69, 9.17) is 4.98 Å². The average molecular weight is 585 g/mol. The van der Waals surface area contributed by atoms with E-state index in [2.05, 4.69) is 54.9 Å². The number of fused-ring (bicyclic) bond motifs is 2. The third-order valence-electron chi connectivity index (χ3n) is 8.16. The molecule has 3 aromatic heterocycles. The number of carbonyl (C=O) groups is 1. The number of piperazine rings is 1. The van der Waals surface area contributed by atoms with Crippen LogP contribution < -0.4 is 10.6 Å². The van der Waals surface area contributed by atoms with Crippen molar-refractivity contribution in [2.45, 2.75) is 12.5 Å². The van der Waals surface area contributed by atoms with Crippen LogP contribution in [0.1, 0.15) is 6.42 Å². The van der Waals surface area contributed by atoms with Crippen LogP contribution in [0.2, 0.25) is 0 Å². The van der Waals surface area contributed by atoms with Crippen molar-refractivity contribution < 1.29 is 4.79 Å². The molecule has 1 atom stereocenters. The Hall–Kier alpha value is -5.42. The summed E-state index contributed by atoms with van der Waals surface area (Å²) in [5, 5.41) is 16.8. The molecule has 2 N–H and O–H groups in total. The lowest BCUT2D eigenvalue weighted by Crippen LogP contribution is -2.54. The molecule has 4 heterocycles. The molecule has 1 aliphatic heterocycles. The minimum absolute atomic E-state index is 0.0696. The number of carbonyl (C=O) groups excluding carboxylic acids is 1. The molecule has 6 aromatic rings. The number of nitrogens with one attached hydrogen (secondary N) is 2. The lowest BCUT2D eigenvalue weighted by atomic mass is 10.1. The summed E-state index contributed by atoms with van der Waals surface area (Å²) in [7, 11) is 2.11. The van der Waals surface area contributed by atoms with Gasteiger partial charge >= 0.3 is 6.03 Å². The smallest absolute Gasteiger partial charge is 0.321 e. The number of rotatable bonds is 7. The van der Waals surface area contributed by atoms with Crippen LogP contribution in [0.5, 0.6) is 0 Å². The number of anilines is 2. The van der Waals surface area contributed by atoms with Crippen LogP contribution in [0, 0.1) is 0 Å². The first-order valence-electron chi connectivity index (χ1n) is 14.7. The van der Waals surface area contributed by atoms with Crippen LogP contribution >= 0.6 is 0 Å². The maximum atomic E-state index is 13.2. The van der Waals surface area contributed by atoms with Crippen molar-refractivity contribution >= 4 is 39.5 Å². The van der Waals surface area contributed by atoms with Gasteiger partial charge in [0.25, 0.3) is 0 Å². The molecule has 44 heavy (non-hydrogen) atoms. The Morgan fingerprint density at radius 1 is 0.955 bits per heavy atom. The molecule has 11 nitrogen and oxygen atoms in total. The van der Waals surface area contributed by atoms with Crippen molar-refractivity contribution in [3.63, 3.8) is 0 Å². The van der Waals surface area contributed by atoms with Gasteiger partial charge in [0.1, 0.15) is 12.1 Å². The molecule has 0 saturated carbocycles. The lowest BCUT2D eigenvalue weighted by molar-refractivity contribution is 0.113. The van der Waals surface area contributed by atoms with Crippen LogP contribution in [-0.2, 0) is 0 Å². The zero-order valence-corrected chi connectivity index (χ0v) is 24.3. The summed E-state index contributed by atoms with van der Waals surface area (Å²) in [5.41, 5.74) is 4.37. The summed E-state index contributed by atoms with van der Waals surface area (Å²) in [4.78, 5) is 31.2. The van der Waals surface area contributed by atoms with E-state index in [1.807, 2.05) is 76.2 Å². The number of aromatic nitrogens is 6. The number of hydrogen-bond donors (Lipinski definition) is 2. The van der Waals surface area contributed by atoms with E-state index in [0.29, 0.717) is 25.6 Å². The summed E-state index contributed by atoms with van der Waals surface area (Å²) in [6.45, 7) is 2.81. The quantitative estimate of drug-likeness (QED) is 0.267. The second-order valence-electron chi connectivity index (χ2n) is 10.9. The Bertz CT molecular complexity index is 1920. The fourth-order valence-corrected chi connectivity index (χ4v) is 5.70. The number of imidazole rings is 1. The fraction of sp³-hybridized carbons (Fsp3) is 0.212. The summed E-state index contributed by atoms with van der Waals surface area (Å²) in [6, 6.07) is 25.9. The van der Waals surface area contributed by atoms with Crippen LogP contribution in [0.25, 0.3) is 38.9 Å². The molecule has 0 bridgehead atoms. The lowest BCUT2D eigenvalue weighted by Gasteiger charge is -2.39. The fourth-order valence-electron chi connectivity index (χ4n) is 5.70. The molecule has 11 heteroatoms. The van der Waals surface area contributed by atoms with E-state index in [9.17, 15) is 4.79 Å². The maximum Gasteiger partial charge on any atom is 0.321 e. The highest BCUT2D eigenvalue weighted by Gasteiger charge is 2.27. The zero-order chi connectivity index (χ0) is 29.9. The topological polar surface area (TPSA) is 117 Å². The van der Waals surface area contributed by atoms with Crippen LogP contribution in [0.15, 0.2) is 97.6 Å². The Morgan fingerprint density at radius 3 is 2.77 bits per heavy atom. The number of amides is 2. The minimum atomic E-state index is -0.0696. The zero-order valence-electron chi connectivity index (χ0n) is 24.3. The Labute approximate surface area is 254 Å². The van der Waals surface area contributed by atoms with Crippen molar-refractivity contribution in [3.8, 4) is 17.1 Å². The van der Waals surface area contributed by atoms with Crippen molar-refractivity contribution in [3.05, 3.63) is 97.6 Å². The summed E-state index contributed by atoms with van der Waals surface area (Å²) < 4.78 is 1.95.